The van der Waals surface area contributed by atoms with Crippen LogP contribution in [-0.2, 0) is 14.8 Å². The summed E-state index contributed by atoms with van der Waals surface area (Å²) in [6, 6.07) is 16.5. The van der Waals surface area contributed by atoms with E-state index in [0.717, 1.165) is 11.1 Å². The summed E-state index contributed by atoms with van der Waals surface area (Å²) in [5.41, 5.74) is 1.99. The molecule has 3 aromatic rings. The highest BCUT2D eigenvalue weighted by Crippen LogP contribution is 2.27. The Morgan fingerprint density at radius 1 is 0.919 bits per heavy atom. The minimum atomic E-state index is -4.09. The second kappa shape index (κ2) is 12.6. The summed E-state index contributed by atoms with van der Waals surface area (Å²) in [5, 5.41) is 12.8. The molecule has 0 aliphatic carbocycles. The molecule has 0 saturated heterocycles. The van der Waals surface area contributed by atoms with Gasteiger partial charge in [-0.3, -0.25) is 9.59 Å². The number of halogens is 1. The van der Waals surface area contributed by atoms with Crippen LogP contribution < -0.4 is 19.5 Å². The van der Waals surface area contributed by atoms with E-state index < -0.39 is 22.0 Å². The van der Waals surface area contributed by atoms with Crippen molar-refractivity contribution in [1.82, 2.24) is 10.0 Å². The van der Waals surface area contributed by atoms with Gasteiger partial charge in [0.25, 0.3) is 5.91 Å². The molecule has 0 aliphatic rings. The molecule has 0 heterocycles. The SMILES string of the molecule is COc1ccc(C(=O)NCCCC(NS(=O)(=O)c2ccc(-c3ccc(Cl)cc3)cc2)C(=O)O)cc1OC. The molecular formula is C26H27ClN2O7S. The Morgan fingerprint density at radius 2 is 1.51 bits per heavy atom. The predicted molar refractivity (Wildman–Crippen MR) is 140 cm³/mol. The lowest BCUT2D eigenvalue weighted by molar-refractivity contribution is -0.139. The van der Waals surface area contributed by atoms with Gasteiger partial charge < -0.3 is 19.9 Å². The third-order valence-corrected chi connectivity index (χ3v) is 7.28. The Balaban J connectivity index is 1.57. The Morgan fingerprint density at radius 3 is 2.08 bits per heavy atom. The van der Waals surface area contributed by atoms with Crippen LogP contribution in [0, 0.1) is 0 Å². The summed E-state index contributed by atoms with van der Waals surface area (Å²) in [6.45, 7) is 0.147. The highest BCUT2D eigenvalue weighted by molar-refractivity contribution is 7.89. The maximum Gasteiger partial charge on any atom is 0.321 e. The first kappa shape index (κ1) is 28.0. The number of aliphatic carboxylic acids is 1. The first-order chi connectivity index (χ1) is 17.6. The topological polar surface area (TPSA) is 131 Å². The van der Waals surface area contributed by atoms with Crippen molar-refractivity contribution < 1.29 is 32.6 Å². The molecule has 37 heavy (non-hydrogen) atoms. The molecule has 0 aliphatic heterocycles. The molecule has 1 unspecified atom stereocenters. The van der Waals surface area contributed by atoms with E-state index in [1.165, 1.54) is 32.4 Å². The first-order valence-corrected chi connectivity index (χ1v) is 13.1. The lowest BCUT2D eigenvalue weighted by Gasteiger charge is -2.15. The Labute approximate surface area is 220 Å². The van der Waals surface area contributed by atoms with Crippen molar-refractivity contribution in [3.63, 3.8) is 0 Å². The molecule has 0 aromatic heterocycles. The van der Waals surface area contributed by atoms with Crippen LogP contribution in [0.25, 0.3) is 11.1 Å². The molecule has 3 N–H and O–H groups in total. The lowest BCUT2D eigenvalue weighted by Crippen LogP contribution is -2.41. The van der Waals surface area contributed by atoms with E-state index in [0.29, 0.717) is 22.1 Å². The number of nitrogens with one attached hydrogen (secondary N) is 2. The van der Waals surface area contributed by atoms with Crippen molar-refractivity contribution in [3.8, 4) is 22.6 Å². The Hall–Kier alpha value is -3.60. The van der Waals surface area contributed by atoms with Crippen LogP contribution in [0.2, 0.25) is 5.02 Å². The summed E-state index contributed by atoms with van der Waals surface area (Å²) in [5.74, 6) is -0.811. The predicted octanol–water partition coefficient (Wildman–Crippen LogP) is 3.97. The van der Waals surface area contributed by atoms with Crippen LogP contribution in [-0.4, -0.2) is 52.2 Å². The number of carbonyl (C=O) groups is 2. The van der Waals surface area contributed by atoms with E-state index >= 15 is 0 Å². The van der Waals surface area contributed by atoms with Gasteiger partial charge in [-0.2, -0.15) is 4.72 Å². The van der Waals surface area contributed by atoms with Crippen molar-refractivity contribution >= 4 is 33.5 Å². The number of amides is 1. The molecule has 1 amide bonds. The molecule has 0 spiro atoms. The lowest BCUT2D eigenvalue weighted by atomic mass is 10.1. The molecule has 3 aromatic carbocycles. The summed E-state index contributed by atoms with van der Waals surface area (Å²) in [7, 11) is -1.14. The molecule has 9 nitrogen and oxygen atoms in total. The van der Waals surface area contributed by atoms with Crippen molar-refractivity contribution in [2.45, 2.75) is 23.8 Å². The number of rotatable bonds is 12. The van der Waals surface area contributed by atoms with E-state index in [2.05, 4.69) is 10.0 Å². The molecule has 0 radical (unpaired) electrons. The van der Waals surface area contributed by atoms with Gasteiger partial charge in [0.2, 0.25) is 10.0 Å². The van der Waals surface area contributed by atoms with Crippen LogP contribution in [0.1, 0.15) is 23.2 Å². The van der Waals surface area contributed by atoms with Gasteiger partial charge in [0.15, 0.2) is 11.5 Å². The number of hydrogen-bond acceptors (Lipinski definition) is 6. The van der Waals surface area contributed by atoms with Gasteiger partial charge in [0, 0.05) is 17.1 Å². The number of benzene rings is 3. The molecule has 1 atom stereocenters. The summed E-state index contributed by atoms with van der Waals surface area (Å²) in [6.07, 6.45) is 0.206. The van der Waals surface area contributed by atoms with Crippen LogP contribution in [0.5, 0.6) is 11.5 Å². The normalized spacial score (nSPS) is 12.0. The summed E-state index contributed by atoms with van der Waals surface area (Å²) >= 11 is 5.90. The highest BCUT2D eigenvalue weighted by atomic mass is 35.5. The number of ether oxygens (including phenoxy) is 2. The van der Waals surface area contributed by atoms with E-state index in [1.807, 2.05) is 12.1 Å². The van der Waals surface area contributed by atoms with Gasteiger partial charge in [-0.15, -0.1) is 0 Å². The average molecular weight is 547 g/mol. The maximum atomic E-state index is 12.8. The fraction of sp³-hybridized carbons (Fsp3) is 0.231. The second-order valence-corrected chi connectivity index (χ2v) is 10.2. The Kier molecular flexibility index (Phi) is 9.51. The number of carbonyl (C=O) groups excluding carboxylic acids is 1. The van der Waals surface area contributed by atoms with Gasteiger partial charge in [-0.1, -0.05) is 35.9 Å². The molecule has 3 rings (SSSR count). The zero-order valence-corrected chi connectivity index (χ0v) is 21.8. The van der Waals surface area contributed by atoms with Crippen LogP contribution in [0.4, 0.5) is 0 Å². The highest BCUT2D eigenvalue weighted by Gasteiger charge is 2.25. The van der Waals surface area contributed by atoms with Gasteiger partial charge in [0.1, 0.15) is 6.04 Å². The fourth-order valence-electron chi connectivity index (χ4n) is 3.54. The maximum absolute atomic E-state index is 12.8. The van der Waals surface area contributed by atoms with Crippen LogP contribution in [0.3, 0.4) is 0 Å². The smallest absolute Gasteiger partial charge is 0.321 e. The standard InChI is InChI=1S/C26H27ClN2O7S/c1-35-23-14-9-19(16-24(23)36-2)25(30)28-15-3-4-22(26(31)32)29-37(33,34)21-12-7-18(8-13-21)17-5-10-20(27)11-6-17/h5-14,16,22,29H,3-4,15H2,1-2H3,(H,28,30)(H,31,32). The molecule has 0 saturated carbocycles. The van der Waals surface area contributed by atoms with Gasteiger partial charge in [-0.05, 0) is 66.4 Å². The summed E-state index contributed by atoms with van der Waals surface area (Å²) < 4.78 is 38.2. The molecular weight excluding hydrogens is 520 g/mol. The minimum Gasteiger partial charge on any atom is -0.493 e. The van der Waals surface area contributed by atoms with E-state index in [1.54, 1.807) is 36.4 Å². The third-order valence-electron chi connectivity index (χ3n) is 5.54. The zero-order valence-electron chi connectivity index (χ0n) is 20.2. The van der Waals surface area contributed by atoms with Crippen molar-refractivity contribution in [2.24, 2.45) is 0 Å². The number of hydrogen-bond donors (Lipinski definition) is 3. The minimum absolute atomic E-state index is 0.0242. The van der Waals surface area contributed by atoms with Crippen molar-refractivity contribution in [2.75, 3.05) is 20.8 Å². The molecule has 11 heteroatoms. The van der Waals surface area contributed by atoms with Gasteiger partial charge >= 0.3 is 5.97 Å². The van der Waals surface area contributed by atoms with Gasteiger partial charge in [-0.25, -0.2) is 8.42 Å². The monoisotopic (exact) mass is 546 g/mol. The number of carboxylic acids is 1. The number of carboxylic acid groups (broad SMARTS) is 1. The zero-order chi connectivity index (χ0) is 27.0. The quantitative estimate of drug-likeness (QED) is 0.293. The second-order valence-electron chi connectivity index (χ2n) is 8.01. The average Bonchev–Trinajstić information content (AvgIpc) is 2.90. The van der Waals surface area contributed by atoms with Crippen molar-refractivity contribution in [1.29, 1.82) is 0 Å². The molecule has 196 valence electrons. The first-order valence-electron chi connectivity index (χ1n) is 11.3. The third kappa shape index (κ3) is 7.45. The van der Waals surface area contributed by atoms with E-state index in [4.69, 9.17) is 21.1 Å². The van der Waals surface area contributed by atoms with Crippen LogP contribution >= 0.6 is 11.6 Å². The van der Waals surface area contributed by atoms with E-state index in [9.17, 15) is 23.1 Å². The Bertz CT molecular complexity index is 1340. The van der Waals surface area contributed by atoms with Crippen molar-refractivity contribution in [3.05, 3.63) is 77.3 Å². The summed E-state index contributed by atoms with van der Waals surface area (Å²) in [4.78, 5) is 24.1. The fourth-order valence-corrected chi connectivity index (χ4v) is 4.89. The number of sulfonamides is 1. The van der Waals surface area contributed by atoms with Gasteiger partial charge in [0.05, 0.1) is 19.1 Å². The van der Waals surface area contributed by atoms with Crippen LogP contribution in [0.15, 0.2) is 71.6 Å². The molecule has 0 bridgehead atoms. The van der Waals surface area contributed by atoms with E-state index in [-0.39, 0.29) is 30.2 Å². The largest absolute Gasteiger partial charge is 0.493 e. The molecule has 0 fully saturated rings. The number of methoxy groups -OCH3 is 2.